The largest absolute Gasteiger partial charge is 0.353 e. The average Bonchev–Trinajstić information content (AvgIpc) is 2.57. The summed E-state index contributed by atoms with van der Waals surface area (Å²) in [4.78, 5) is 5.67. The Labute approximate surface area is 75.6 Å². The van der Waals surface area contributed by atoms with Crippen LogP contribution in [0.1, 0.15) is 17.8 Å². The first-order valence-electron chi connectivity index (χ1n) is 3.85. The lowest BCUT2D eigenvalue weighted by atomic mass is 10.1. The van der Waals surface area contributed by atoms with E-state index in [1.165, 1.54) is 10.5 Å². The van der Waals surface area contributed by atoms with E-state index in [2.05, 4.69) is 34.7 Å². The van der Waals surface area contributed by atoms with E-state index in [0.29, 0.717) is 0 Å². The van der Waals surface area contributed by atoms with E-state index in [1.807, 2.05) is 6.20 Å². The predicted octanol–water partition coefficient (Wildman–Crippen LogP) is 2.32. The Balaban J connectivity index is 2.29. The lowest BCUT2D eigenvalue weighted by Crippen LogP contribution is -2.11. The van der Waals surface area contributed by atoms with Crippen molar-refractivity contribution in [3.8, 4) is 0 Å². The van der Waals surface area contributed by atoms with E-state index >= 15 is 0 Å². The minimum atomic E-state index is 0.242. The van der Waals surface area contributed by atoms with Gasteiger partial charge in [-0.3, -0.25) is 4.99 Å². The van der Waals surface area contributed by atoms with Gasteiger partial charge in [0.05, 0.1) is 6.34 Å². The van der Waals surface area contributed by atoms with Gasteiger partial charge in [0.15, 0.2) is 0 Å². The molecule has 0 radical (unpaired) electrons. The highest BCUT2D eigenvalue weighted by Crippen LogP contribution is 2.29. The highest BCUT2D eigenvalue weighted by molar-refractivity contribution is 7.10. The monoisotopic (exact) mass is 178 g/mol. The lowest BCUT2D eigenvalue weighted by molar-refractivity contribution is 0.836. The molecule has 0 fully saturated rings. The zero-order valence-corrected chi connectivity index (χ0v) is 7.64. The van der Waals surface area contributed by atoms with E-state index in [4.69, 9.17) is 0 Å². The molecule has 1 aromatic heterocycles. The Morgan fingerprint density at radius 1 is 1.58 bits per heavy atom. The third kappa shape index (κ3) is 1.28. The highest BCUT2D eigenvalue weighted by atomic mass is 32.1. The zero-order chi connectivity index (χ0) is 8.39. The van der Waals surface area contributed by atoms with Gasteiger partial charge in [-0.2, -0.15) is 0 Å². The maximum absolute atomic E-state index is 4.36. The van der Waals surface area contributed by atoms with Crippen molar-refractivity contribution in [3.63, 3.8) is 0 Å². The molecular formula is C9H10N2S. The van der Waals surface area contributed by atoms with Crippen molar-refractivity contribution >= 4 is 17.7 Å². The van der Waals surface area contributed by atoms with Crippen molar-refractivity contribution in [2.45, 2.75) is 13.0 Å². The van der Waals surface area contributed by atoms with Crippen LogP contribution in [0.5, 0.6) is 0 Å². The number of aliphatic imine (C=N–C) groups is 1. The molecule has 12 heavy (non-hydrogen) atoms. The van der Waals surface area contributed by atoms with Crippen molar-refractivity contribution in [1.29, 1.82) is 0 Å². The molecule has 1 aromatic rings. The van der Waals surface area contributed by atoms with E-state index in [0.717, 1.165) is 0 Å². The van der Waals surface area contributed by atoms with Crippen LogP contribution < -0.4 is 5.32 Å². The molecule has 62 valence electrons. The lowest BCUT2D eigenvalue weighted by Gasteiger charge is -2.14. The second-order valence-electron chi connectivity index (χ2n) is 2.75. The molecule has 2 rings (SSSR count). The van der Waals surface area contributed by atoms with Crippen LogP contribution in [0.15, 0.2) is 34.3 Å². The first-order chi connectivity index (χ1) is 5.88. The van der Waals surface area contributed by atoms with Gasteiger partial charge in [-0.1, -0.05) is 6.07 Å². The molecule has 0 aliphatic carbocycles. The van der Waals surface area contributed by atoms with Gasteiger partial charge in [0.1, 0.15) is 6.04 Å². The molecule has 0 aromatic carbocycles. The fraction of sp³-hybridized carbons (Fsp3) is 0.222. The Kier molecular flexibility index (Phi) is 1.96. The fourth-order valence-corrected chi connectivity index (χ4v) is 2.07. The van der Waals surface area contributed by atoms with Crippen LogP contribution in [-0.2, 0) is 0 Å². The molecule has 1 aliphatic heterocycles. The number of thiophene rings is 1. The summed E-state index contributed by atoms with van der Waals surface area (Å²) in [6.07, 6.45) is 3.74. The summed E-state index contributed by atoms with van der Waals surface area (Å²) in [5.41, 5.74) is 1.26. The summed E-state index contributed by atoms with van der Waals surface area (Å²) in [6, 6.07) is 4.42. The minimum absolute atomic E-state index is 0.242. The number of nitrogens with one attached hydrogen (secondary N) is 1. The molecule has 0 bridgehead atoms. The first kappa shape index (κ1) is 7.55. The fourth-order valence-electron chi connectivity index (χ4n) is 1.23. The van der Waals surface area contributed by atoms with Crippen molar-refractivity contribution in [3.05, 3.63) is 34.2 Å². The summed E-state index contributed by atoms with van der Waals surface area (Å²) in [5.74, 6) is 0. The zero-order valence-electron chi connectivity index (χ0n) is 6.82. The van der Waals surface area contributed by atoms with Crippen LogP contribution in [0, 0.1) is 0 Å². The maximum Gasteiger partial charge on any atom is 0.108 e. The molecule has 2 heterocycles. The van der Waals surface area contributed by atoms with E-state index < -0.39 is 0 Å². The van der Waals surface area contributed by atoms with Gasteiger partial charge in [-0.05, 0) is 23.9 Å². The average molecular weight is 178 g/mol. The first-order valence-corrected chi connectivity index (χ1v) is 4.73. The van der Waals surface area contributed by atoms with Gasteiger partial charge in [0.2, 0.25) is 0 Å². The normalized spacial score (nSPS) is 21.8. The summed E-state index contributed by atoms with van der Waals surface area (Å²) in [6.45, 7) is 2.09. The molecule has 2 nitrogen and oxygen atoms in total. The molecule has 1 atom stereocenters. The van der Waals surface area contributed by atoms with Crippen molar-refractivity contribution in [2.75, 3.05) is 0 Å². The van der Waals surface area contributed by atoms with Crippen LogP contribution in [0.4, 0.5) is 0 Å². The van der Waals surface area contributed by atoms with E-state index in [9.17, 15) is 0 Å². The van der Waals surface area contributed by atoms with Gasteiger partial charge in [0.25, 0.3) is 0 Å². The summed E-state index contributed by atoms with van der Waals surface area (Å²) >= 11 is 1.75. The number of hydrogen-bond acceptors (Lipinski definition) is 3. The second-order valence-corrected chi connectivity index (χ2v) is 3.73. The summed E-state index contributed by atoms with van der Waals surface area (Å²) < 4.78 is 0. The molecule has 3 heteroatoms. The molecular weight excluding hydrogens is 168 g/mol. The predicted molar refractivity (Wildman–Crippen MR) is 52.4 cm³/mol. The van der Waals surface area contributed by atoms with Gasteiger partial charge in [-0.15, -0.1) is 11.3 Å². The highest BCUT2D eigenvalue weighted by Gasteiger charge is 2.13. The van der Waals surface area contributed by atoms with Gasteiger partial charge in [0, 0.05) is 11.1 Å². The van der Waals surface area contributed by atoms with E-state index in [1.54, 1.807) is 17.7 Å². The number of nitrogens with zero attached hydrogens (tertiary/aromatic N) is 1. The molecule has 0 amide bonds. The summed E-state index contributed by atoms with van der Waals surface area (Å²) in [5, 5.41) is 5.06. The van der Waals surface area contributed by atoms with Crippen LogP contribution in [0.3, 0.4) is 0 Å². The Hall–Kier alpha value is -1.09. The van der Waals surface area contributed by atoms with Crippen molar-refractivity contribution < 1.29 is 0 Å². The Bertz CT molecular complexity index is 311. The third-order valence-electron chi connectivity index (χ3n) is 1.85. The van der Waals surface area contributed by atoms with Gasteiger partial charge in [-0.25, -0.2) is 0 Å². The standard InChI is InChI=1S/C9H10N2S/c1-7-5-10-6-11-9(7)8-3-2-4-12-8/h2-6,9H,1H3,(H,10,11). The summed E-state index contributed by atoms with van der Waals surface area (Å²) in [7, 11) is 0. The second kappa shape index (κ2) is 3.11. The number of rotatable bonds is 1. The van der Waals surface area contributed by atoms with Crippen molar-refractivity contribution in [1.82, 2.24) is 5.32 Å². The van der Waals surface area contributed by atoms with Crippen molar-refractivity contribution in [2.24, 2.45) is 4.99 Å². The van der Waals surface area contributed by atoms with Gasteiger partial charge < -0.3 is 5.32 Å². The minimum Gasteiger partial charge on any atom is -0.353 e. The molecule has 1 N–H and O–H groups in total. The molecule has 1 unspecified atom stereocenters. The van der Waals surface area contributed by atoms with Crippen LogP contribution in [0.25, 0.3) is 0 Å². The third-order valence-corrected chi connectivity index (χ3v) is 2.78. The molecule has 0 saturated heterocycles. The SMILES string of the molecule is CC1=CNC=NC1c1cccs1. The maximum atomic E-state index is 4.36. The van der Waals surface area contributed by atoms with Crippen LogP contribution in [-0.4, -0.2) is 6.34 Å². The van der Waals surface area contributed by atoms with Crippen LogP contribution in [0.2, 0.25) is 0 Å². The Morgan fingerprint density at radius 2 is 2.50 bits per heavy atom. The van der Waals surface area contributed by atoms with Crippen LogP contribution >= 0.6 is 11.3 Å². The number of hydrogen-bond donors (Lipinski definition) is 1. The molecule has 0 spiro atoms. The quantitative estimate of drug-likeness (QED) is 0.701. The van der Waals surface area contributed by atoms with Gasteiger partial charge >= 0.3 is 0 Å². The molecule has 0 saturated carbocycles. The molecule has 1 aliphatic rings. The van der Waals surface area contributed by atoms with E-state index in [-0.39, 0.29) is 6.04 Å². The topological polar surface area (TPSA) is 24.4 Å². The smallest absolute Gasteiger partial charge is 0.108 e. The Morgan fingerprint density at radius 3 is 3.17 bits per heavy atom.